The Hall–Kier alpha value is -3.01. The van der Waals surface area contributed by atoms with Crippen molar-refractivity contribution in [1.82, 2.24) is 9.78 Å². The summed E-state index contributed by atoms with van der Waals surface area (Å²) in [5.74, 6) is -0.465. The monoisotopic (exact) mass is 437 g/mol. The highest BCUT2D eigenvalue weighted by molar-refractivity contribution is 7.92. The summed E-state index contributed by atoms with van der Waals surface area (Å²) < 4.78 is 71.4. The van der Waals surface area contributed by atoms with Gasteiger partial charge in [-0.05, 0) is 54.8 Å². The highest BCUT2D eigenvalue weighted by Crippen LogP contribution is 2.37. The van der Waals surface area contributed by atoms with E-state index >= 15 is 0 Å². The van der Waals surface area contributed by atoms with Gasteiger partial charge in [-0.15, -0.1) is 13.2 Å². The minimum atomic E-state index is -4.85. The quantitative estimate of drug-likeness (QED) is 0.617. The summed E-state index contributed by atoms with van der Waals surface area (Å²) in [6.45, 7) is 1.60. The number of aryl methyl sites for hydroxylation is 1. The fraction of sp³-hybridized carbons (Fsp3) is 0.250. The molecule has 0 amide bonds. The molecule has 1 atom stereocenters. The first kappa shape index (κ1) is 20.3. The maximum absolute atomic E-state index is 13.5. The van der Waals surface area contributed by atoms with Gasteiger partial charge in [0.2, 0.25) is 0 Å². The van der Waals surface area contributed by atoms with Crippen molar-refractivity contribution in [2.45, 2.75) is 30.6 Å². The molecule has 1 aliphatic heterocycles. The topological polar surface area (TPSA) is 64.4 Å². The van der Waals surface area contributed by atoms with Crippen molar-refractivity contribution < 1.29 is 26.3 Å². The van der Waals surface area contributed by atoms with E-state index in [4.69, 9.17) is 0 Å². The first-order chi connectivity index (χ1) is 14.1. The second kappa shape index (κ2) is 7.35. The molecular weight excluding hydrogens is 419 g/mol. The second-order valence-electron chi connectivity index (χ2n) is 6.98. The molecule has 0 saturated carbocycles. The molecule has 0 aliphatic carbocycles. The van der Waals surface area contributed by atoms with Crippen LogP contribution in [0.4, 0.5) is 18.9 Å². The van der Waals surface area contributed by atoms with Gasteiger partial charge in [0.25, 0.3) is 10.0 Å². The average molecular weight is 437 g/mol. The van der Waals surface area contributed by atoms with E-state index in [9.17, 15) is 21.6 Å². The molecule has 4 rings (SSSR count). The molecule has 10 heteroatoms. The van der Waals surface area contributed by atoms with Crippen LogP contribution in [0.15, 0.2) is 65.8 Å². The minimum absolute atomic E-state index is 0.0760. The van der Waals surface area contributed by atoms with Gasteiger partial charge in [-0.2, -0.15) is 5.10 Å². The fourth-order valence-electron chi connectivity index (χ4n) is 3.66. The zero-order valence-electron chi connectivity index (χ0n) is 15.9. The van der Waals surface area contributed by atoms with Gasteiger partial charge in [-0.25, -0.2) is 8.42 Å². The van der Waals surface area contributed by atoms with Crippen LogP contribution in [-0.2, 0) is 16.4 Å². The van der Waals surface area contributed by atoms with Crippen molar-refractivity contribution in [3.63, 3.8) is 0 Å². The van der Waals surface area contributed by atoms with Gasteiger partial charge in [0.1, 0.15) is 5.75 Å². The minimum Gasteiger partial charge on any atom is -0.406 e. The highest BCUT2D eigenvalue weighted by Gasteiger charge is 2.36. The van der Waals surface area contributed by atoms with Crippen LogP contribution in [0.2, 0.25) is 0 Å². The number of hydrogen-bond donors (Lipinski definition) is 0. The lowest BCUT2D eigenvalue weighted by atomic mass is 10.00. The summed E-state index contributed by atoms with van der Waals surface area (Å²) in [6, 6.07) is 12.0. The molecule has 158 valence electrons. The third-order valence-corrected chi connectivity index (χ3v) is 6.88. The summed E-state index contributed by atoms with van der Waals surface area (Å²) in [6.07, 6.45) is -0.836. The molecule has 0 N–H and O–H groups in total. The van der Waals surface area contributed by atoms with Crippen molar-refractivity contribution in [1.29, 1.82) is 0 Å². The third kappa shape index (κ3) is 3.87. The van der Waals surface area contributed by atoms with Gasteiger partial charge in [0.05, 0.1) is 23.2 Å². The Balaban J connectivity index is 1.74. The predicted molar refractivity (Wildman–Crippen MR) is 104 cm³/mol. The number of halogens is 3. The highest BCUT2D eigenvalue weighted by atomic mass is 32.2. The molecule has 2 heterocycles. The van der Waals surface area contributed by atoms with Crippen LogP contribution in [0, 0.1) is 6.92 Å². The fourth-order valence-corrected chi connectivity index (χ4v) is 5.41. The summed E-state index contributed by atoms with van der Waals surface area (Å²) in [4.78, 5) is -0.0760. The molecule has 0 fully saturated rings. The van der Waals surface area contributed by atoms with Crippen molar-refractivity contribution in [3.8, 4) is 5.75 Å². The Morgan fingerprint density at radius 2 is 1.90 bits per heavy atom. The molecule has 0 radical (unpaired) electrons. The number of hydrogen-bond acceptors (Lipinski definition) is 4. The molecule has 30 heavy (non-hydrogen) atoms. The first-order valence-electron chi connectivity index (χ1n) is 9.11. The van der Waals surface area contributed by atoms with E-state index in [1.54, 1.807) is 35.3 Å². The molecule has 1 aliphatic rings. The van der Waals surface area contributed by atoms with Crippen LogP contribution in [0.25, 0.3) is 0 Å². The Morgan fingerprint density at radius 3 is 2.57 bits per heavy atom. The lowest BCUT2D eigenvalue weighted by Crippen LogP contribution is -2.41. The van der Waals surface area contributed by atoms with E-state index in [0.29, 0.717) is 12.1 Å². The van der Waals surface area contributed by atoms with Crippen LogP contribution >= 0.6 is 0 Å². The third-order valence-electron chi connectivity index (χ3n) is 4.94. The lowest BCUT2D eigenvalue weighted by Gasteiger charge is -2.35. The normalized spacial score (nSPS) is 16.9. The molecular formula is C20H18F3N3O3S. The Labute approximate surface area is 171 Å². The van der Waals surface area contributed by atoms with Crippen molar-refractivity contribution >= 4 is 15.7 Å². The number of ether oxygens (including phenoxy) is 1. The Kier molecular flexibility index (Phi) is 4.97. The van der Waals surface area contributed by atoms with Gasteiger partial charge >= 0.3 is 6.36 Å². The summed E-state index contributed by atoms with van der Waals surface area (Å²) in [7, 11) is -4.04. The smallest absolute Gasteiger partial charge is 0.406 e. The maximum atomic E-state index is 13.5. The number of fused-ring (bicyclic) bond motifs is 1. The molecule has 0 saturated heterocycles. The molecule has 0 spiro atoms. The number of benzene rings is 2. The molecule has 1 aromatic heterocycles. The van der Waals surface area contributed by atoms with E-state index in [2.05, 4.69) is 9.84 Å². The van der Waals surface area contributed by atoms with Crippen molar-refractivity contribution in [2.24, 2.45) is 0 Å². The summed E-state index contributed by atoms with van der Waals surface area (Å²) >= 11 is 0. The lowest BCUT2D eigenvalue weighted by molar-refractivity contribution is -0.274. The van der Waals surface area contributed by atoms with Crippen LogP contribution in [0.3, 0.4) is 0 Å². The molecule has 6 nitrogen and oxygen atoms in total. The van der Waals surface area contributed by atoms with E-state index in [1.165, 1.54) is 11.2 Å². The van der Waals surface area contributed by atoms with E-state index < -0.39 is 22.1 Å². The van der Waals surface area contributed by atoms with E-state index in [0.717, 1.165) is 23.8 Å². The van der Waals surface area contributed by atoms with Crippen molar-refractivity contribution in [2.75, 3.05) is 10.8 Å². The summed E-state index contributed by atoms with van der Waals surface area (Å²) in [5, 5.41) is 4.24. The van der Waals surface area contributed by atoms with E-state index in [1.807, 2.05) is 12.1 Å². The second-order valence-corrected chi connectivity index (χ2v) is 8.81. The van der Waals surface area contributed by atoms with Gasteiger partial charge in [-0.1, -0.05) is 18.2 Å². The van der Waals surface area contributed by atoms with Crippen LogP contribution in [0.5, 0.6) is 5.75 Å². The standard InChI is InChI=1S/C20H18F3N3O3S/c1-14-11-17(29-20(21,22)23)7-8-19(14)30(27,28)26-13-16(25-10-4-9-24-25)12-15-5-2-3-6-18(15)26/h2-11,16H,12-13H2,1H3. The van der Waals surface area contributed by atoms with Crippen LogP contribution in [-0.4, -0.2) is 31.1 Å². The number of anilines is 1. The zero-order chi connectivity index (χ0) is 21.5. The molecule has 0 bridgehead atoms. The SMILES string of the molecule is Cc1cc(OC(F)(F)F)ccc1S(=O)(=O)N1CC(n2cccn2)Cc2ccccc21. The Bertz CT molecular complexity index is 1160. The summed E-state index contributed by atoms with van der Waals surface area (Å²) in [5.41, 5.74) is 1.56. The van der Waals surface area contributed by atoms with Crippen LogP contribution in [0.1, 0.15) is 17.2 Å². The molecule has 1 unspecified atom stereocenters. The van der Waals surface area contributed by atoms with Crippen molar-refractivity contribution in [3.05, 3.63) is 72.1 Å². The van der Waals surface area contributed by atoms with Gasteiger partial charge in [0, 0.05) is 12.4 Å². The van der Waals surface area contributed by atoms with Crippen LogP contribution < -0.4 is 9.04 Å². The largest absolute Gasteiger partial charge is 0.573 e. The molecule has 2 aromatic carbocycles. The number of sulfonamides is 1. The number of rotatable bonds is 4. The van der Waals surface area contributed by atoms with Gasteiger partial charge < -0.3 is 4.74 Å². The zero-order valence-corrected chi connectivity index (χ0v) is 16.7. The van der Waals surface area contributed by atoms with E-state index in [-0.39, 0.29) is 23.0 Å². The average Bonchev–Trinajstić information content (AvgIpc) is 3.20. The number of nitrogens with zero attached hydrogens (tertiary/aromatic N) is 3. The predicted octanol–water partition coefficient (Wildman–Crippen LogP) is 4.08. The maximum Gasteiger partial charge on any atom is 0.573 e. The number of alkyl halides is 3. The first-order valence-corrected chi connectivity index (χ1v) is 10.6. The number of para-hydroxylation sites is 1. The number of aromatic nitrogens is 2. The molecule has 3 aromatic rings. The van der Waals surface area contributed by atoms with Gasteiger partial charge in [-0.3, -0.25) is 8.99 Å². The van der Waals surface area contributed by atoms with Gasteiger partial charge in [0.15, 0.2) is 0 Å². The Morgan fingerprint density at radius 1 is 1.13 bits per heavy atom.